The molecule has 6 nitrogen and oxygen atoms in total. The van der Waals surface area contributed by atoms with Crippen LogP contribution in [0.4, 0.5) is 0 Å². The molecule has 0 aliphatic heterocycles. The number of nitrogens with zero attached hydrogens (tertiary/aromatic N) is 3. The van der Waals surface area contributed by atoms with Gasteiger partial charge in [-0.2, -0.15) is 0 Å². The number of fused-ring (bicyclic) bond motifs is 5. The standard InChI is InChI=1S/C24H18N.C15H16NO.C15H10N.C11H20O2.3Ir/c1-24(2)21-10-6-5-9-19(21)20-12-11-17(15-22(20)24)23-18-8-4-3-7-16(18)13-14-25-23;1-2-3-11-17-14-8-6-7-13(12-14)15-9-4-5-10-16-15;1-2-6-12(7-3-1)15-11-10-13-8-4-5-9-14(13)16-15;1-10(2,3)8(12)7-9(13)11(4,5)6;;;/h3-10,12-15H,1-2H3;4-6,8-10,12H,2-3,11H2,1H3;1-6,8-11H;7,12H,1-6H3;;;/q3*-1;;;;. The fourth-order valence-electron chi connectivity index (χ4n) is 7.98. The molecule has 3 aromatic heterocycles. The van der Waals surface area contributed by atoms with Crippen molar-refractivity contribution in [2.24, 2.45) is 10.8 Å². The Morgan fingerprint density at radius 2 is 1.31 bits per heavy atom. The van der Waals surface area contributed by atoms with Gasteiger partial charge in [0.25, 0.3) is 0 Å². The summed E-state index contributed by atoms with van der Waals surface area (Å²) in [4.78, 5) is 25.1. The van der Waals surface area contributed by atoms with Crippen LogP contribution in [0, 0.1) is 29.0 Å². The topological polar surface area (TPSA) is 85.2 Å². The van der Waals surface area contributed by atoms with Crippen LogP contribution in [0.25, 0.3) is 66.6 Å². The molecule has 0 fully saturated rings. The average Bonchev–Trinajstić information content (AvgIpc) is 3.61. The number of pyridine rings is 3. The first-order chi connectivity index (χ1) is 34.0. The molecule has 0 unspecified atom stereocenters. The van der Waals surface area contributed by atoms with Crippen molar-refractivity contribution in [3.63, 3.8) is 0 Å². The van der Waals surface area contributed by atoms with Crippen molar-refractivity contribution in [2.75, 3.05) is 6.61 Å². The van der Waals surface area contributed by atoms with E-state index in [2.05, 4.69) is 133 Å². The van der Waals surface area contributed by atoms with Crippen molar-refractivity contribution in [3.8, 4) is 50.6 Å². The van der Waals surface area contributed by atoms with E-state index in [1.807, 2.05) is 133 Å². The molecule has 9 aromatic rings. The van der Waals surface area contributed by atoms with Gasteiger partial charge in [-0.25, -0.2) is 0 Å². The van der Waals surface area contributed by atoms with E-state index in [4.69, 9.17) is 4.74 Å². The number of hydrogen-bond donors (Lipinski definition) is 1. The number of carbonyl (C=O) groups excluding carboxylic acids is 1. The summed E-state index contributed by atoms with van der Waals surface area (Å²) < 4.78 is 5.66. The molecule has 3 radical (unpaired) electrons. The maximum Gasteiger partial charge on any atom is 0.164 e. The maximum absolute atomic E-state index is 11.5. The summed E-state index contributed by atoms with van der Waals surface area (Å²) in [7, 11) is 0. The number of aromatic nitrogens is 3. The Labute approximate surface area is 479 Å². The van der Waals surface area contributed by atoms with Gasteiger partial charge in [-0.05, 0) is 68.8 Å². The number of rotatable bonds is 8. The van der Waals surface area contributed by atoms with Gasteiger partial charge in [0.05, 0.1) is 12.1 Å². The molecule has 3 heterocycles. The van der Waals surface area contributed by atoms with Crippen LogP contribution in [0.5, 0.6) is 5.75 Å². The number of benzene rings is 6. The second-order valence-corrected chi connectivity index (χ2v) is 20.1. The zero-order chi connectivity index (χ0) is 50.6. The quantitative estimate of drug-likeness (QED) is 0.0706. The molecular weight excluding hydrogens is 1450 g/mol. The van der Waals surface area contributed by atoms with Crippen LogP contribution in [-0.4, -0.2) is 32.4 Å². The number of carbonyl (C=O) groups is 1. The van der Waals surface area contributed by atoms with E-state index in [1.165, 1.54) is 44.5 Å². The summed E-state index contributed by atoms with van der Waals surface area (Å²) in [6.45, 7) is 18.6. The van der Waals surface area contributed by atoms with Crippen molar-refractivity contribution in [2.45, 2.75) is 80.6 Å². The molecule has 0 saturated carbocycles. The molecule has 0 bridgehead atoms. The number of allylic oxidation sites excluding steroid dienone is 2. The second-order valence-electron chi connectivity index (χ2n) is 20.1. The first-order valence-electron chi connectivity index (χ1n) is 24.4. The Morgan fingerprint density at radius 1 is 0.622 bits per heavy atom. The molecule has 0 atom stereocenters. The van der Waals surface area contributed by atoms with Crippen molar-refractivity contribution in [1.82, 2.24) is 15.0 Å². The molecule has 0 amide bonds. The van der Waals surface area contributed by atoms with Crippen molar-refractivity contribution < 1.29 is 75.0 Å². The van der Waals surface area contributed by atoms with Gasteiger partial charge in [-0.15, -0.1) is 95.1 Å². The van der Waals surface area contributed by atoms with Crippen LogP contribution in [0.1, 0.15) is 86.3 Å². The smallest absolute Gasteiger partial charge is 0.164 e. The number of hydrogen-bond acceptors (Lipinski definition) is 6. The van der Waals surface area contributed by atoms with Gasteiger partial charge in [0, 0.05) is 95.4 Å². The Balaban J connectivity index is 0.000000218. The number of para-hydroxylation sites is 1. The predicted octanol–water partition coefficient (Wildman–Crippen LogP) is 16.5. The fourth-order valence-corrected chi connectivity index (χ4v) is 7.98. The molecule has 1 aliphatic carbocycles. The molecule has 10 rings (SSSR count). The summed E-state index contributed by atoms with van der Waals surface area (Å²) in [5.41, 5.74) is 11.6. The molecule has 74 heavy (non-hydrogen) atoms. The molecule has 6 aromatic carbocycles. The average molecular weight is 1510 g/mol. The number of ketones is 1. The van der Waals surface area contributed by atoms with Gasteiger partial charge >= 0.3 is 0 Å². The Bertz CT molecular complexity index is 3250. The second kappa shape index (κ2) is 27.7. The summed E-state index contributed by atoms with van der Waals surface area (Å²) in [6.07, 6.45) is 7.23. The van der Waals surface area contributed by atoms with E-state index in [0.717, 1.165) is 64.5 Å². The summed E-state index contributed by atoms with van der Waals surface area (Å²) in [5, 5.41) is 13.1. The minimum absolute atomic E-state index is 0. The van der Waals surface area contributed by atoms with E-state index in [0.29, 0.717) is 0 Å². The van der Waals surface area contributed by atoms with Gasteiger partial charge in [-0.1, -0.05) is 171 Å². The van der Waals surface area contributed by atoms with E-state index in [-0.39, 0.29) is 82.7 Å². The Morgan fingerprint density at radius 3 is 2.01 bits per heavy atom. The molecular formula is C65H64Ir3N3O3-3. The molecule has 9 heteroatoms. The molecule has 387 valence electrons. The fraction of sp³-hybridized carbons (Fsp3) is 0.231. The number of ether oxygens (including phenoxy) is 1. The summed E-state index contributed by atoms with van der Waals surface area (Å²) >= 11 is 0. The van der Waals surface area contributed by atoms with E-state index >= 15 is 0 Å². The minimum atomic E-state index is -0.417. The van der Waals surface area contributed by atoms with Crippen LogP contribution in [0.3, 0.4) is 0 Å². The van der Waals surface area contributed by atoms with Crippen LogP contribution in [-0.2, 0) is 70.5 Å². The van der Waals surface area contributed by atoms with Crippen molar-refractivity contribution in [3.05, 3.63) is 217 Å². The molecule has 1 N–H and O–H groups in total. The zero-order valence-corrected chi connectivity index (χ0v) is 50.7. The zero-order valence-electron chi connectivity index (χ0n) is 43.5. The summed E-state index contributed by atoms with van der Waals surface area (Å²) in [5.74, 6) is 0.991. The van der Waals surface area contributed by atoms with Gasteiger partial charge in [0.15, 0.2) is 5.78 Å². The van der Waals surface area contributed by atoms with Gasteiger partial charge in [0.1, 0.15) is 5.76 Å². The first kappa shape index (κ1) is 60.8. The largest absolute Gasteiger partial charge is 0.513 e. The van der Waals surface area contributed by atoms with Crippen LogP contribution < -0.4 is 4.74 Å². The van der Waals surface area contributed by atoms with Gasteiger partial charge in [0.2, 0.25) is 0 Å². The van der Waals surface area contributed by atoms with Crippen LogP contribution in [0.15, 0.2) is 188 Å². The summed E-state index contributed by atoms with van der Waals surface area (Å²) in [6, 6.07) is 65.3. The Kier molecular flexibility index (Phi) is 22.7. The number of unbranched alkanes of at least 4 members (excludes halogenated alkanes) is 1. The minimum Gasteiger partial charge on any atom is -0.513 e. The Hall–Kier alpha value is -5.75. The van der Waals surface area contributed by atoms with E-state index in [1.54, 1.807) is 6.20 Å². The maximum atomic E-state index is 11.5. The SMILES string of the molecule is CC(C)(C)C(=O)C=C(O)C(C)(C)C.CC1(C)c2ccccc2-c2c[c-]c(-c3nccc4ccccc34)cc21.CCCCOc1cc[c-]c(-c2ccccn2)c1.[Ir].[Ir].[Ir].[c-]1ccccc1-c1ccc2ccccc2n1. The first-order valence-corrected chi connectivity index (χ1v) is 24.4. The molecule has 1 aliphatic rings. The van der Waals surface area contributed by atoms with Crippen LogP contribution in [0.2, 0.25) is 0 Å². The molecule has 0 saturated heterocycles. The molecule has 0 spiro atoms. The van der Waals surface area contributed by atoms with Gasteiger partial charge < -0.3 is 19.8 Å². The van der Waals surface area contributed by atoms with E-state index in [9.17, 15) is 9.90 Å². The van der Waals surface area contributed by atoms with E-state index < -0.39 is 5.41 Å². The predicted molar refractivity (Wildman–Crippen MR) is 293 cm³/mol. The number of aliphatic hydroxyl groups excluding tert-OH is 1. The third kappa shape index (κ3) is 15.6. The normalized spacial score (nSPS) is 12.0. The van der Waals surface area contributed by atoms with Gasteiger partial charge in [-0.3, -0.25) is 9.78 Å². The third-order valence-electron chi connectivity index (χ3n) is 12.3. The van der Waals surface area contributed by atoms with Crippen molar-refractivity contribution in [1.29, 1.82) is 0 Å². The number of aliphatic hydroxyl groups is 1. The van der Waals surface area contributed by atoms with Crippen LogP contribution >= 0.6 is 0 Å². The van der Waals surface area contributed by atoms with Crippen molar-refractivity contribution >= 4 is 27.5 Å². The third-order valence-corrected chi connectivity index (χ3v) is 12.3. The monoisotopic (exact) mass is 1510 g/mol.